The van der Waals surface area contributed by atoms with Crippen LogP contribution in [0.1, 0.15) is 40.0 Å². The molecule has 0 bridgehead atoms. The van der Waals surface area contributed by atoms with E-state index in [4.69, 9.17) is 5.73 Å². The minimum Gasteiger partial charge on any atom is -0.324 e. The summed E-state index contributed by atoms with van der Waals surface area (Å²) in [5.74, 6) is -0.0898. The van der Waals surface area contributed by atoms with Crippen LogP contribution in [0.2, 0.25) is 0 Å². The van der Waals surface area contributed by atoms with E-state index < -0.39 is 0 Å². The predicted octanol–water partition coefficient (Wildman–Crippen LogP) is 3.58. The summed E-state index contributed by atoms with van der Waals surface area (Å²) in [6, 6.07) is 13.3. The zero-order valence-electron chi connectivity index (χ0n) is 12.1. The maximum atomic E-state index is 12.3. The molecule has 0 radical (unpaired) electrons. The Kier molecular flexibility index (Phi) is 4.20. The second-order valence-electron chi connectivity index (χ2n) is 5.12. The molecule has 2 aromatic carbocycles. The van der Waals surface area contributed by atoms with Crippen LogP contribution in [0.15, 0.2) is 42.5 Å². The molecule has 1 amide bonds. The van der Waals surface area contributed by atoms with Gasteiger partial charge in [0.1, 0.15) is 0 Å². The first-order chi connectivity index (χ1) is 9.49. The maximum absolute atomic E-state index is 12.3. The molecule has 1 atom stereocenters. The van der Waals surface area contributed by atoms with Gasteiger partial charge in [0, 0.05) is 17.3 Å². The summed E-state index contributed by atoms with van der Waals surface area (Å²) in [5.41, 5.74) is 10.5. The van der Waals surface area contributed by atoms with Gasteiger partial charge in [0.25, 0.3) is 5.91 Å². The van der Waals surface area contributed by atoms with Gasteiger partial charge in [0.05, 0.1) is 0 Å². The van der Waals surface area contributed by atoms with Crippen molar-refractivity contribution in [2.75, 3.05) is 5.32 Å². The highest BCUT2D eigenvalue weighted by Gasteiger charge is 2.10. The molecule has 0 aliphatic heterocycles. The van der Waals surface area contributed by atoms with Crippen LogP contribution in [0.3, 0.4) is 0 Å². The molecule has 3 N–H and O–H groups in total. The van der Waals surface area contributed by atoms with E-state index >= 15 is 0 Å². The van der Waals surface area contributed by atoms with Crippen LogP contribution in [0.5, 0.6) is 0 Å². The van der Waals surface area contributed by atoms with Gasteiger partial charge in [-0.25, -0.2) is 0 Å². The number of carbonyl (C=O) groups excluding carboxylic acids is 1. The molecular formula is C17H20N2O. The number of nitrogens with one attached hydrogen (secondary N) is 1. The van der Waals surface area contributed by atoms with Crippen molar-refractivity contribution in [3.8, 4) is 0 Å². The maximum Gasteiger partial charge on any atom is 0.255 e. The van der Waals surface area contributed by atoms with E-state index in [1.807, 2.05) is 63.2 Å². The summed E-state index contributed by atoms with van der Waals surface area (Å²) in [6.45, 7) is 5.89. The third-order valence-corrected chi connectivity index (χ3v) is 3.52. The average molecular weight is 268 g/mol. The number of rotatable bonds is 3. The van der Waals surface area contributed by atoms with Crippen LogP contribution in [0.25, 0.3) is 0 Å². The lowest BCUT2D eigenvalue weighted by Gasteiger charge is -2.11. The van der Waals surface area contributed by atoms with E-state index in [1.165, 1.54) is 0 Å². The fraction of sp³-hybridized carbons (Fsp3) is 0.235. The first-order valence-corrected chi connectivity index (χ1v) is 6.72. The van der Waals surface area contributed by atoms with Gasteiger partial charge in [-0.05, 0) is 55.7 Å². The van der Waals surface area contributed by atoms with Crippen molar-refractivity contribution in [2.24, 2.45) is 5.73 Å². The molecule has 0 aliphatic rings. The van der Waals surface area contributed by atoms with Crippen molar-refractivity contribution in [1.82, 2.24) is 0 Å². The number of hydrogen-bond acceptors (Lipinski definition) is 2. The van der Waals surface area contributed by atoms with E-state index in [0.717, 1.165) is 22.4 Å². The molecule has 20 heavy (non-hydrogen) atoms. The standard InChI is InChI=1S/C17H20N2O/c1-11-6-4-9-16(12(11)2)17(20)19-15-8-5-7-14(10-15)13(3)18/h4-10,13H,18H2,1-3H3,(H,19,20). The van der Waals surface area contributed by atoms with Gasteiger partial charge in [-0.3, -0.25) is 4.79 Å². The summed E-state index contributed by atoms with van der Waals surface area (Å²) in [4.78, 5) is 12.3. The summed E-state index contributed by atoms with van der Waals surface area (Å²) in [6.07, 6.45) is 0. The van der Waals surface area contributed by atoms with Crippen molar-refractivity contribution in [3.05, 3.63) is 64.7 Å². The van der Waals surface area contributed by atoms with Crippen LogP contribution in [-0.4, -0.2) is 5.91 Å². The Hall–Kier alpha value is -2.13. The van der Waals surface area contributed by atoms with E-state index in [2.05, 4.69) is 5.32 Å². The predicted molar refractivity (Wildman–Crippen MR) is 82.9 cm³/mol. The quantitative estimate of drug-likeness (QED) is 0.894. The SMILES string of the molecule is Cc1cccc(C(=O)Nc2cccc(C(C)N)c2)c1C. The van der Waals surface area contributed by atoms with Gasteiger partial charge in [0.15, 0.2) is 0 Å². The second-order valence-corrected chi connectivity index (χ2v) is 5.12. The Labute approximate surface area is 119 Å². The molecule has 3 nitrogen and oxygen atoms in total. The molecule has 0 heterocycles. The highest BCUT2D eigenvalue weighted by molar-refractivity contribution is 6.05. The van der Waals surface area contributed by atoms with Crippen LogP contribution in [0.4, 0.5) is 5.69 Å². The van der Waals surface area contributed by atoms with Crippen molar-refractivity contribution in [1.29, 1.82) is 0 Å². The minimum atomic E-state index is -0.0898. The number of nitrogens with two attached hydrogens (primary N) is 1. The summed E-state index contributed by atoms with van der Waals surface area (Å²) in [7, 11) is 0. The molecule has 2 rings (SSSR count). The molecule has 0 saturated carbocycles. The number of aryl methyl sites for hydroxylation is 1. The first kappa shape index (κ1) is 14.3. The fourth-order valence-electron chi connectivity index (χ4n) is 2.10. The molecule has 104 valence electrons. The lowest BCUT2D eigenvalue weighted by molar-refractivity contribution is 0.102. The molecule has 1 unspecified atom stereocenters. The Morgan fingerprint density at radius 3 is 2.55 bits per heavy atom. The minimum absolute atomic E-state index is 0.0486. The smallest absolute Gasteiger partial charge is 0.255 e. The largest absolute Gasteiger partial charge is 0.324 e. The zero-order valence-corrected chi connectivity index (χ0v) is 12.1. The van der Waals surface area contributed by atoms with Crippen LogP contribution in [-0.2, 0) is 0 Å². The molecule has 0 fully saturated rings. The van der Waals surface area contributed by atoms with E-state index in [0.29, 0.717) is 5.56 Å². The van der Waals surface area contributed by atoms with Crippen molar-refractivity contribution in [3.63, 3.8) is 0 Å². The average Bonchev–Trinajstić information content (AvgIpc) is 2.42. The van der Waals surface area contributed by atoms with Gasteiger partial charge in [-0.1, -0.05) is 24.3 Å². The highest BCUT2D eigenvalue weighted by Crippen LogP contribution is 2.18. The zero-order chi connectivity index (χ0) is 14.7. The Morgan fingerprint density at radius 1 is 1.15 bits per heavy atom. The molecule has 0 aliphatic carbocycles. The third-order valence-electron chi connectivity index (χ3n) is 3.52. The monoisotopic (exact) mass is 268 g/mol. The lowest BCUT2D eigenvalue weighted by Crippen LogP contribution is -2.14. The van der Waals surface area contributed by atoms with Gasteiger partial charge in [0.2, 0.25) is 0 Å². The number of benzene rings is 2. The van der Waals surface area contributed by atoms with Crippen LogP contribution >= 0.6 is 0 Å². The number of hydrogen-bond donors (Lipinski definition) is 2. The number of carbonyl (C=O) groups is 1. The molecule has 0 spiro atoms. The molecule has 0 aromatic heterocycles. The van der Waals surface area contributed by atoms with Crippen LogP contribution < -0.4 is 11.1 Å². The van der Waals surface area contributed by atoms with E-state index in [9.17, 15) is 4.79 Å². The summed E-state index contributed by atoms with van der Waals surface area (Å²) < 4.78 is 0. The Bertz CT molecular complexity index is 633. The van der Waals surface area contributed by atoms with Crippen molar-refractivity contribution < 1.29 is 4.79 Å². The van der Waals surface area contributed by atoms with Crippen molar-refractivity contribution in [2.45, 2.75) is 26.8 Å². The lowest BCUT2D eigenvalue weighted by atomic mass is 10.0. The fourth-order valence-corrected chi connectivity index (χ4v) is 2.10. The number of amides is 1. The highest BCUT2D eigenvalue weighted by atomic mass is 16.1. The Balaban J connectivity index is 2.24. The third kappa shape index (κ3) is 3.06. The summed E-state index contributed by atoms with van der Waals surface area (Å²) in [5, 5.41) is 2.93. The number of anilines is 1. The van der Waals surface area contributed by atoms with Gasteiger partial charge < -0.3 is 11.1 Å². The first-order valence-electron chi connectivity index (χ1n) is 6.72. The summed E-state index contributed by atoms with van der Waals surface area (Å²) >= 11 is 0. The molecule has 0 saturated heterocycles. The second kappa shape index (κ2) is 5.88. The molecular weight excluding hydrogens is 248 g/mol. The van der Waals surface area contributed by atoms with Crippen LogP contribution in [0, 0.1) is 13.8 Å². The normalized spacial score (nSPS) is 12.0. The van der Waals surface area contributed by atoms with Gasteiger partial charge >= 0.3 is 0 Å². The molecule has 2 aromatic rings. The van der Waals surface area contributed by atoms with Gasteiger partial charge in [-0.2, -0.15) is 0 Å². The molecule has 3 heteroatoms. The van der Waals surface area contributed by atoms with Crippen molar-refractivity contribution >= 4 is 11.6 Å². The Morgan fingerprint density at radius 2 is 1.85 bits per heavy atom. The van der Waals surface area contributed by atoms with Gasteiger partial charge in [-0.15, -0.1) is 0 Å². The topological polar surface area (TPSA) is 55.1 Å². The van der Waals surface area contributed by atoms with E-state index in [-0.39, 0.29) is 11.9 Å². The van der Waals surface area contributed by atoms with E-state index in [1.54, 1.807) is 0 Å².